The maximum absolute atomic E-state index is 13.5. The summed E-state index contributed by atoms with van der Waals surface area (Å²) in [7, 11) is 0. The highest BCUT2D eigenvalue weighted by Gasteiger charge is 2.56. The molecule has 2 amide bonds. The highest BCUT2D eigenvalue weighted by atomic mass is 19.4. The van der Waals surface area contributed by atoms with Gasteiger partial charge in [0.15, 0.2) is 0 Å². The van der Waals surface area contributed by atoms with Crippen molar-refractivity contribution in [2.75, 3.05) is 26.2 Å². The minimum atomic E-state index is -5.08. The molecule has 3 N–H and O–H groups in total. The number of para-hydroxylation sites is 1. The van der Waals surface area contributed by atoms with Gasteiger partial charge in [0, 0.05) is 19.6 Å². The number of ether oxygens (including phenoxy) is 1. The molecule has 4 aliphatic rings. The van der Waals surface area contributed by atoms with E-state index in [1.54, 1.807) is 0 Å². The molecule has 0 aromatic heterocycles. The van der Waals surface area contributed by atoms with Crippen LogP contribution in [0.5, 0.6) is 5.75 Å². The van der Waals surface area contributed by atoms with Gasteiger partial charge in [0.1, 0.15) is 12.4 Å². The van der Waals surface area contributed by atoms with Crippen LogP contribution in [0.1, 0.15) is 42.5 Å². The van der Waals surface area contributed by atoms with Crippen molar-refractivity contribution in [2.45, 2.75) is 49.9 Å². The van der Waals surface area contributed by atoms with Crippen molar-refractivity contribution in [3.05, 3.63) is 42.0 Å². The number of rotatable bonds is 0. The third-order valence-electron chi connectivity index (χ3n) is 7.30. The second kappa shape index (κ2) is 9.52. The van der Waals surface area contributed by atoms with Gasteiger partial charge in [-0.2, -0.15) is 13.2 Å². The Morgan fingerprint density at radius 2 is 1.86 bits per heavy atom. The quantitative estimate of drug-likeness (QED) is 0.478. The smallest absolute Gasteiger partial charge is 0.489 e. The number of carbonyl (C=O) groups is 3. The summed E-state index contributed by atoms with van der Waals surface area (Å²) in [6, 6.07) is 7.51. The largest absolute Gasteiger partial charge is 0.490 e. The van der Waals surface area contributed by atoms with Crippen molar-refractivity contribution in [3.8, 4) is 5.75 Å². The van der Waals surface area contributed by atoms with Crippen LogP contribution >= 0.6 is 0 Å². The molecule has 1 aromatic rings. The number of allylic oxidation sites excluding steroid dienone is 1. The molecule has 8 nitrogen and oxygen atoms in total. The van der Waals surface area contributed by atoms with Crippen molar-refractivity contribution >= 4 is 17.8 Å². The van der Waals surface area contributed by atoms with Gasteiger partial charge in [0.05, 0.1) is 22.6 Å². The lowest BCUT2D eigenvalue weighted by Crippen LogP contribution is -2.64. The van der Waals surface area contributed by atoms with Crippen molar-refractivity contribution in [3.63, 3.8) is 0 Å². The molecule has 11 heteroatoms. The zero-order chi connectivity index (χ0) is 25.3. The van der Waals surface area contributed by atoms with Gasteiger partial charge >= 0.3 is 12.1 Å². The molecule has 5 rings (SSSR count). The Morgan fingerprint density at radius 1 is 1.14 bits per heavy atom. The summed E-state index contributed by atoms with van der Waals surface area (Å²) >= 11 is 0. The summed E-state index contributed by atoms with van der Waals surface area (Å²) in [5, 5.41) is 13.7. The van der Waals surface area contributed by atoms with Crippen molar-refractivity contribution in [1.29, 1.82) is 0 Å². The summed E-state index contributed by atoms with van der Waals surface area (Å²) in [6.07, 6.45) is 3.43. The van der Waals surface area contributed by atoms with E-state index < -0.39 is 12.1 Å². The topological polar surface area (TPSA) is 108 Å². The van der Waals surface area contributed by atoms with Gasteiger partial charge in [-0.15, -0.1) is 0 Å². The summed E-state index contributed by atoms with van der Waals surface area (Å²) in [5.74, 6) is -2.00. The predicted octanol–water partition coefficient (Wildman–Crippen LogP) is 2.50. The van der Waals surface area contributed by atoms with Gasteiger partial charge in [0.25, 0.3) is 5.91 Å². The average molecular weight is 495 g/mol. The number of amides is 2. The number of benzene rings is 1. The molecular weight excluding hydrogens is 467 g/mol. The molecule has 3 aliphatic heterocycles. The number of hydrogen-bond acceptors (Lipinski definition) is 5. The third-order valence-corrected chi connectivity index (χ3v) is 7.30. The molecule has 0 radical (unpaired) electrons. The molecule has 190 valence electrons. The Morgan fingerprint density at radius 3 is 2.51 bits per heavy atom. The Labute approximate surface area is 200 Å². The first-order chi connectivity index (χ1) is 16.6. The number of carboxylic acids is 1. The van der Waals surface area contributed by atoms with Gasteiger partial charge in [0.2, 0.25) is 5.91 Å². The molecule has 1 spiro atoms. The molecule has 1 aromatic carbocycles. The second-order valence-corrected chi connectivity index (χ2v) is 9.44. The first-order valence-electron chi connectivity index (χ1n) is 11.6. The van der Waals surface area contributed by atoms with Crippen LogP contribution in [-0.2, 0) is 9.59 Å². The number of fused-ring (bicyclic) bond motifs is 1. The van der Waals surface area contributed by atoms with Crippen LogP contribution in [0.25, 0.3) is 0 Å². The van der Waals surface area contributed by atoms with Crippen molar-refractivity contribution in [2.24, 2.45) is 5.41 Å². The maximum Gasteiger partial charge on any atom is 0.490 e. The van der Waals surface area contributed by atoms with Crippen LogP contribution in [0.2, 0.25) is 0 Å². The van der Waals surface area contributed by atoms with Crippen molar-refractivity contribution in [1.82, 2.24) is 15.5 Å². The lowest BCUT2D eigenvalue weighted by molar-refractivity contribution is -0.192. The van der Waals surface area contributed by atoms with E-state index in [0.29, 0.717) is 17.9 Å². The fraction of sp³-hybridized carbons (Fsp3) is 0.542. The number of carbonyl (C=O) groups excluding carboxylic acids is 2. The summed E-state index contributed by atoms with van der Waals surface area (Å²) in [4.78, 5) is 37.6. The van der Waals surface area contributed by atoms with E-state index in [4.69, 9.17) is 14.6 Å². The van der Waals surface area contributed by atoms with Crippen LogP contribution in [0.15, 0.2) is 36.4 Å². The van der Waals surface area contributed by atoms with Gasteiger partial charge < -0.3 is 25.4 Å². The lowest BCUT2D eigenvalue weighted by atomic mass is 9.76. The molecule has 35 heavy (non-hydrogen) atoms. The number of halogens is 3. The minimum Gasteiger partial charge on any atom is -0.489 e. The van der Waals surface area contributed by atoms with Crippen molar-refractivity contribution < 1.29 is 37.4 Å². The molecule has 1 unspecified atom stereocenters. The molecule has 1 aliphatic carbocycles. The molecule has 2 saturated heterocycles. The van der Waals surface area contributed by atoms with Crippen LogP contribution in [-0.4, -0.2) is 71.8 Å². The highest BCUT2D eigenvalue weighted by molar-refractivity contribution is 5.97. The number of carboxylic acid groups (broad SMARTS) is 1. The summed E-state index contributed by atoms with van der Waals surface area (Å²) < 4.78 is 37.6. The number of alkyl halides is 3. The lowest BCUT2D eigenvalue weighted by Gasteiger charge is -2.45. The minimum absolute atomic E-state index is 0.0985. The Kier molecular flexibility index (Phi) is 6.81. The van der Waals surface area contributed by atoms with E-state index in [1.807, 2.05) is 30.3 Å². The average Bonchev–Trinajstić information content (AvgIpc) is 3.32. The number of nitrogens with zero attached hydrogens (tertiary/aromatic N) is 1. The Hall–Kier alpha value is -3.08. The van der Waals surface area contributed by atoms with E-state index >= 15 is 0 Å². The molecule has 2 atom stereocenters. The van der Waals surface area contributed by atoms with Crippen LogP contribution in [0.4, 0.5) is 13.2 Å². The maximum atomic E-state index is 13.5. The van der Waals surface area contributed by atoms with Crippen LogP contribution in [0.3, 0.4) is 0 Å². The Balaban J connectivity index is 0.000000364. The number of hydrogen-bond donors (Lipinski definition) is 3. The van der Waals surface area contributed by atoms with Crippen LogP contribution in [0, 0.1) is 5.41 Å². The third kappa shape index (κ3) is 4.86. The standard InChI is InChI=1S/C22H27N3O3.C2HF3O2/c26-19-16-6-1-2-7-17(16)28-13-4-3-9-21(14-23-15-21)20(27)25-12-11-22(24-19)10-5-8-18(22)25;3-2(4,5)1(6)7/h1-4,6-7,18,23H,5,8-15H2,(H,24,26);(H,6,7)/b4-3-;/t18?,22-;/m1./s1. The van der Waals surface area contributed by atoms with E-state index in [0.717, 1.165) is 51.7 Å². The monoisotopic (exact) mass is 495 g/mol. The van der Waals surface area contributed by atoms with Gasteiger partial charge in [-0.05, 0) is 44.2 Å². The molecule has 1 saturated carbocycles. The summed E-state index contributed by atoms with van der Waals surface area (Å²) in [6.45, 7) is 2.57. The van der Waals surface area contributed by atoms with E-state index in [1.165, 1.54) is 0 Å². The first kappa shape index (κ1) is 25.0. The first-order valence-corrected chi connectivity index (χ1v) is 11.6. The molecule has 2 bridgehead atoms. The normalized spacial score (nSPS) is 28.3. The van der Waals surface area contributed by atoms with Crippen LogP contribution < -0.4 is 15.4 Å². The fourth-order valence-electron chi connectivity index (χ4n) is 5.43. The predicted molar refractivity (Wildman–Crippen MR) is 119 cm³/mol. The highest BCUT2D eigenvalue weighted by Crippen LogP contribution is 2.44. The van der Waals surface area contributed by atoms with Gasteiger partial charge in [-0.3, -0.25) is 9.59 Å². The molecule has 3 fully saturated rings. The van der Waals surface area contributed by atoms with Gasteiger partial charge in [-0.1, -0.05) is 24.3 Å². The SMILES string of the molecule is O=C(O)C(F)(F)F.O=C1N[C@@]23CCCC2N(CC3)C(=O)C2(C/C=C\COc3ccccc31)CNC2. The Bertz CT molecular complexity index is 1020. The number of aliphatic carboxylic acids is 1. The van der Waals surface area contributed by atoms with Gasteiger partial charge in [-0.25, -0.2) is 4.79 Å². The molecule has 3 heterocycles. The van der Waals surface area contributed by atoms with E-state index in [2.05, 4.69) is 21.6 Å². The fourth-order valence-corrected chi connectivity index (χ4v) is 5.43. The van der Waals surface area contributed by atoms with E-state index in [-0.39, 0.29) is 28.8 Å². The zero-order valence-electron chi connectivity index (χ0n) is 19.1. The summed E-state index contributed by atoms with van der Waals surface area (Å²) in [5.41, 5.74) is -0.0863. The zero-order valence-corrected chi connectivity index (χ0v) is 19.1. The number of nitrogens with one attached hydrogen (secondary N) is 2. The second-order valence-electron chi connectivity index (χ2n) is 9.44. The van der Waals surface area contributed by atoms with E-state index in [9.17, 15) is 22.8 Å². The molecular formula is C24H28F3N3O5.